The maximum absolute atomic E-state index is 11.8. The van der Waals surface area contributed by atoms with E-state index in [9.17, 15) is 4.79 Å². The minimum Gasteiger partial charge on any atom is -0.481 e. The summed E-state index contributed by atoms with van der Waals surface area (Å²) in [7, 11) is 0. The van der Waals surface area contributed by atoms with Gasteiger partial charge < -0.3 is 20.5 Å². The van der Waals surface area contributed by atoms with E-state index < -0.39 is 0 Å². The third-order valence-electron chi connectivity index (χ3n) is 3.16. The minimum atomic E-state index is -0.268. The van der Waals surface area contributed by atoms with Crippen LogP contribution in [0.1, 0.15) is 26.7 Å². The second-order valence-electron chi connectivity index (χ2n) is 5.83. The Kier molecular flexibility index (Phi) is 7.27. The topological polar surface area (TPSA) is 70.6 Å². The van der Waals surface area contributed by atoms with Crippen molar-refractivity contribution in [2.24, 2.45) is 5.41 Å². The van der Waals surface area contributed by atoms with Gasteiger partial charge in [-0.15, -0.1) is 6.42 Å². The molecule has 0 bridgehead atoms. The fourth-order valence-corrected chi connectivity index (χ4v) is 1.81. The third-order valence-corrected chi connectivity index (χ3v) is 3.16. The van der Waals surface area contributed by atoms with Gasteiger partial charge in [-0.3, -0.25) is 0 Å². The predicted molar refractivity (Wildman–Crippen MR) is 87.9 cm³/mol. The Morgan fingerprint density at radius 1 is 1.45 bits per heavy atom. The zero-order chi connectivity index (χ0) is 16.4. The van der Waals surface area contributed by atoms with E-state index in [0.29, 0.717) is 18.0 Å². The molecule has 0 atom stereocenters. The molecule has 0 radical (unpaired) electrons. The first-order chi connectivity index (χ1) is 10.5. The molecular weight excluding hydrogens is 280 g/mol. The number of amides is 2. The molecule has 0 fully saturated rings. The summed E-state index contributed by atoms with van der Waals surface area (Å²) in [5.74, 6) is 3.00. The Labute approximate surface area is 132 Å². The molecule has 1 aromatic rings. The van der Waals surface area contributed by atoms with Gasteiger partial charge in [-0.1, -0.05) is 25.8 Å². The lowest BCUT2D eigenvalue weighted by atomic mass is 9.89. The monoisotopic (exact) mass is 304 g/mol. The summed E-state index contributed by atoms with van der Waals surface area (Å²) in [6.07, 6.45) is 6.79. The van der Waals surface area contributed by atoms with Gasteiger partial charge in [-0.2, -0.15) is 0 Å². The molecule has 0 aliphatic rings. The Balaban J connectivity index is 2.34. The zero-order valence-electron chi connectivity index (χ0n) is 13.2. The van der Waals surface area contributed by atoms with E-state index >= 15 is 0 Å². The maximum Gasteiger partial charge on any atom is 0.319 e. The van der Waals surface area contributed by atoms with Crippen molar-refractivity contribution in [3.63, 3.8) is 0 Å². The van der Waals surface area contributed by atoms with E-state index in [1.165, 1.54) is 0 Å². The first-order valence-electron chi connectivity index (χ1n) is 7.29. The van der Waals surface area contributed by atoms with E-state index in [2.05, 4.69) is 16.6 Å². The van der Waals surface area contributed by atoms with Gasteiger partial charge in [-0.05, 0) is 30.4 Å². The molecule has 0 spiro atoms. The van der Waals surface area contributed by atoms with Crippen molar-refractivity contribution >= 4 is 11.7 Å². The number of rotatable bonds is 8. The molecule has 0 unspecified atom stereocenters. The highest BCUT2D eigenvalue weighted by Gasteiger charge is 2.15. The molecule has 5 nitrogen and oxygen atoms in total. The van der Waals surface area contributed by atoms with Gasteiger partial charge in [0.25, 0.3) is 0 Å². The van der Waals surface area contributed by atoms with Gasteiger partial charge >= 0.3 is 6.03 Å². The van der Waals surface area contributed by atoms with Crippen LogP contribution in [0.4, 0.5) is 10.5 Å². The molecule has 0 saturated carbocycles. The smallest absolute Gasteiger partial charge is 0.319 e. The SMILES string of the molecule is C#CCOc1cccc(NC(=O)NCCCC(C)(C)CO)c1. The molecule has 120 valence electrons. The zero-order valence-corrected chi connectivity index (χ0v) is 13.2. The number of hydrogen-bond donors (Lipinski definition) is 3. The van der Waals surface area contributed by atoms with Crippen molar-refractivity contribution in [2.75, 3.05) is 25.1 Å². The molecule has 1 aromatic carbocycles. The van der Waals surface area contributed by atoms with Gasteiger partial charge in [0.1, 0.15) is 12.4 Å². The summed E-state index contributed by atoms with van der Waals surface area (Å²) >= 11 is 0. The fraction of sp³-hybridized carbons (Fsp3) is 0.471. The number of carbonyl (C=O) groups excluding carboxylic acids is 1. The van der Waals surface area contributed by atoms with Crippen LogP contribution < -0.4 is 15.4 Å². The quantitative estimate of drug-likeness (QED) is 0.511. The second kappa shape index (κ2) is 8.96. The van der Waals surface area contributed by atoms with Crippen LogP contribution in [0.2, 0.25) is 0 Å². The molecule has 3 N–H and O–H groups in total. The average Bonchev–Trinajstić information content (AvgIpc) is 2.50. The molecule has 5 heteroatoms. The number of urea groups is 1. The number of hydrogen-bond acceptors (Lipinski definition) is 3. The molecule has 0 aromatic heterocycles. The van der Waals surface area contributed by atoms with Crippen molar-refractivity contribution in [3.05, 3.63) is 24.3 Å². The van der Waals surface area contributed by atoms with Crippen LogP contribution in [0.25, 0.3) is 0 Å². The average molecular weight is 304 g/mol. The number of aliphatic hydroxyl groups is 1. The number of terminal acetylenes is 1. The molecule has 22 heavy (non-hydrogen) atoms. The Hall–Kier alpha value is -2.19. The van der Waals surface area contributed by atoms with Crippen molar-refractivity contribution in [2.45, 2.75) is 26.7 Å². The lowest BCUT2D eigenvalue weighted by molar-refractivity contribution is 0.148. The van der Waals surface area contributed by atoms with E-state index in [0.717, 1.165) is 12.8 Å². The summed E-state index contributed by atoms with van der Waals surface area (Å²) < 4.78 is 5.29. The number of ether oxygens (including phenoxy) is 1. The molecule has 0 aliphatic heterocycles. The normalized spacial score (nSPS) is 10.6. The summed E-state index contributed by atoms with van der Waals surface area (Å²) in [5.41, 5.74) is 0.531. The first kappa shape index (κ1) is 17.9. The van der Waals surface area contributed by atoms with E-state index in [1.54, 1.807) is 24.3 Å². The van der Waals surface area contributed by atoms with Gasteiger partial charge in [-0.25, -0.2) is 4.79 Å². The summed E-state index contributed by atoms with van der Waals surface area (Å²) in [6.45, 7) is 4.88. The van der Waals surface area contributed by atoms with Gasteiger partial charge in [0.15, 0.2) is 0 Å². The van der Waals surface area contributed by atoms with Crippen LogP contribution in [0, 0.1) is 17.8 Å². The van der Waals surface area contributed by atoms with Crippen LogP contribution in [-0.4, -0.2) is 30.9 Å². The van der Waals surface area contributed by atoms with Gasteiger partial charge in [0, 0.05) is 24.9 Å². The van der Waals surface area contributed by atoms with Gasteiger partial charge in [0.05, 0.1) is 0 Å². The highest BCUT2D eigenvalue weighted by molar-refractivity contribution is 5.89. The van der Waals surface area contributed by atoms with Gasteiger partial charge in [0.2, 0.25) is 0 Å². The lowest BCUT2D eigenvalue weighted by Crippen LogP contribution is -2.30. The van der Waals surface area contributed by atoms with Crippen LogP contribution in [0.3, 0.4) is 0 Å². The highest BCUT2D eigenvalue weighted by atomic mass is 16.5. The van der Waals surface area contributed by atoms with Crippen LogP contribution in [0.15, 0.2) is 24.3 Å². The van der Waals surface area contributed by atoms with E-state index in [1.807, 2.05) is 13.8 Å². The summed E-state index contributed by atoms with van der Waals surface area (Å²) in [4.78, 5) is 11.8. The van der Waals surface area contributed by atoms with E-state index in [-0.39, 0.29) is 24.7 Å². The largest absolute Gasteiger partial charge is 0.481 e. The molecule has 0 aliphatic carbocycles. The Bertz CT molecular complexity index is 521. The minimum absolute atomic E-state index is 0.110. The molecule has 0 heterocycles. The first-order valence-corrected chi connectivity index (χ1v) is 7.29. The fourth-order valence-electron chi connectivity index (χ4n) is 1.81. The van der Waals surface area contributed by atoms with Crippen LogP contribution in [0.5, 0.6) is 5.75 Å². The van der Waals surface area contributed by atoms with Crippen molar-refractivity contribution in [1.82, 2.24) is 5.32 Å². The number of aliphatic hydroxyl groups excluding tert-OH is 1. The van der Waals surface area contributed by atoms with Crippen LogP contribution >= 0.6 is 0 Å². The molecule has 2 amide bonds. The number of carbonyl (C=O) groups is 1. The number of nitrogens with one attached hydrogen (secondary N) is 2. The lowest BCUT2D eigenvalue weighted by Gasteiger charge is -2.21. The number of anilines is 1. The Morgan fingerprint density at radius 3 is 2.91 bits per heavy atom. The van der Waals surface area contributed by atoms with Crippen molar-refractivity contribution in [3.8, 4) is 18.1 Å². The van der Waals surface area contributed by atoms with Crippen molar-refractivity contribution in [1.29, 1.82) is 0 Å². The summed E-state index contributed by atoms with van der Waals surface area (Å²) in [6, 6.07) is 6.78. The van der Waals surface area contributed by atoms with Crippen molar-refractivity contribution < 1.29 is 14.6 Å². The molecule has 0 saturated heterocycles. The maximum atomic E-state index is 11.8. The standard InChI is InChI=1S/C17H24N2O3/c1-4-11-22-15-8-5-7-14(12-15)19-16(21)18-10-6-9-17(2,3)13-20/h1,5,7-8,12,20H,6,9-11,13H2,2-3H3,(H2,18,19,21). The second-order valence-corrected chi connectivity index (χ2v) is 5.83. The summed E-state index contributed by atoms with van der Waals surface area (Å²) in [5, 5.41) is 14.7. The Morgan fingerprint density at radius 2 is 2.23 bits per heavy atom. The predicted octanol–water partition coefficient (Wildman–Crippen LogP) is 2.62. The number of benzene rings is 1. The molecular formula is C17H24N2O3. The van der Waals surface area contributed by atoms with Crippen LogP contribution in [-0.2, 0) is 0 Å². The molecule has 1 rings (SSSR count). The third kappa shape index (κ3) is 7.00. The highest BCUT2D eigenvalue weighted by Crippen LogP contribution is 2.20. The van der Waals surface area contributed by atoms with E-state index in [4.69, 9.17) is 16.3 Å².